The molecule has 4 N–H and O–H groups in total. The van der Waals surface area contributed by atoms with E-state index >= 15 is 0 Å². The lowest BCUT2D eigenvalue weighted by molar-refractivity contribution is 0.866. The minimum Gasteiger partial charge on any atom is -0.355 e. The highest BCUT2D eigenvalue weighted by Gasteiger charge is 2.32. The molecule has 0 spiro atoms. The Labute approximate surface area is 777 Å². The molecule has 23 rings (SSSR count). The third-order valence-electron chi connectivity index (χ3n) is 25.0. The fourth-order valence-corrected chi connectivity index (χ4v) is 18.7. The van der Waals surface area contributed by atoms with Crippen molar-refractivity contribution < 1.29 is 0 Å². The number of para-hydroxylation sites is 5. The Bertz CT molecular complexity index is 7110. The third-order valence-corrected chi connectivity index (χ3v) is 25.7. The van der Waals surface area contributed by atoms with Crippen molar-refractivity contribution in [3.05, 3.63) is 520 Å². The summed E-state index contributed by atoms with van der Waals surface area (Å²) < 4.78 is 6.00. The van der Waals surface area contributed by atoms with E-state index in [9.17, 15) is 0 Å². The number of benzene rings is 18. The van der Waals surface area contributed by atoms with Crippen LogP contribution in [0.2, 0.25) is 0 Å². The van der Waals surface area contributed by atoms with Gasteiger partial charge in [-0.3, -0.25) is 5.84 Å². The van der Waals surface area contributed by atoms with Crippen LogP contribution in [-0.4, -0.2) is 14.1 Å². The second-order valence-corrected chi connectivity index (χ2v) is 35.0. The van der Waals surface area contributed by atoms with Gasteiger partial charge in [-0.15, -0.1) is 0 Å². The Kier molecular flexibility index (Phi) is 25.5. The number of nitrogens with zero attached hydrogens (tertiary/aromatic N) is 4. The van der Waals surface area contributed by atoms with Crippen molar-refractivity contribution >= 4 is 106 Å². The van der Waals surface area contributed by atoms with Crippen LogP contribution in [0.25, 0.3) is 99.8 Å². The average Bonchev–Trinajstić information content (AvgIpc) is 1.61. The zero-order valence-corrected chi connectivity index (χ0v) is 75.4. The average molecular weight is 1800 g/mol. The highest BCUT2D eigenvalue weighted by molar-refractivity contribution is 14.1. The van der Waals surface area contributed by atoms with Gasteiger partial charge in [0.15, 0.2) is 0 Å². The standard InChI is InChI=1S/C47H36N2.C27H19N.C21H19N.C20H18IN.C6H8N2.CH4/c1-32-15-23-37(24-16-32)48(38-25-17-33(2)18-26-38)39-27-29-40(30-28-39)49-45-14-8-3-9-36(45)31-46(49)34-19-21-35(22-20-34)47-43-12-6-4-10-41(43)42-11-5-7-13-44(42)47;1-6-12-25-20(7-1)17-26(28-25)18-13-15-19(16-14-18)27-23-10-4-2-8-21(23)22-9-3-5-11-24(22)27;1-15(2)16-11-13-17(14-12-16)22-20-9-5-3-7-18(20)19-8-4-6-10-21(19)22;1-15-3-9-18(10-4-15)22(19-11-5-16(2)6-12-19)20-13-7-17(21)8-14-20;7-8-6-4-2-1-3-5-6;/h3-31,47H,1-2H3;1-17,27-28H;3-15H,1-2H3;3-14H,1-2H3;1-5,8H,7H2;1H4. The number of hydrazine groups is 1. The van der Waals surface area contributed by atoms with Gasteiger partial charge in [-0.2, -0.15) is 0 Å². The lowest BCUT2D eigenvalue weighted by atomic mass is 9.89. The molecule has 3 aromatic heterocycles. The Morgan fingerprint density at radius 2 is 0.654 bits per heavy atom. The highest BCUT2D eigenvalue weighted by Crippen LogP contribution is 2.51. The summed E-state index contributed by atoms with van der Waals surface area (Å²) in [6, 6.07) is 164. The van der Waals surface area contributed by atoms with Gasteiger partial charge in [0.2, 0.25) is 0 Å². The molecule has 2 aliphatic carbocycles. The van der Waals surface area contributed by atoms with Crippen LogP contribution in [0.1, 0.15) is 100 Å². The van der Waals surface area contributed by atoms with Crippen LogP contribution in [0, 0.1) is 31.3 Å². The quantitative estimate of drug-likeness (QED) is 0.0576. The number of hydrogen-bond acceptors (Lipinski definition) is 4. The topological polar surface area (TPSA) is 70.2 Å². The molecule has 7 nitrogen and oxygen atoms in total. The number of hydrogen-bond donors (Lipinski definition) is 3. The Morgan fingerprint density at radius 1 is 0.315 bits per heavy atom. The predicted octanol–water partition coefficient (Wildman–Crippen LogP) is 33.4. The molecule has 0 saturated heterocycles. The maximum atomic E-state index is 5.10. The van der Waals surface area contributed by atoms with Gasteiger partial charge in [-0.25, -0.2) is 0 Å². The summed E-state index contributed by atoms with van der Waals surface area (Å²) in [5.74, 6) is 6.21. The van der Waals surface area contributed by atoms with Crippen molar-refractivity contribution in [3.63, 3.8) is 0 Å². The fourth-order valence-electron chi connectivity index (χ4n) is 18.4. The minimum atomic E-state index is 0. The number of fused-ring (bicyclic) bond motifs is 11. The van der Waals surface area contributed by atoms with Crippen molar-refractivity contribution in [1.82, 2.24) is 14.1 Å². The molecule has 0 atom stereocenters. The summed E-state index contributed by atoms with van der Waals surface area (Å²) >= 11 is 2.34. The van der Waals surface area contributed by atoms with Crippen molar-refractivity contribution in [2.75, 3.05) is 15.2 Å². The number of nitrogen functional groups attached to an aromatic ring is 1. The highest BCUT2D eigenvalue weighted by atomic mass is 127. The maximum Gasteiger partial charge on any atom is 0.0541 e. The van der Waals surface area contributed by atoms with Crippen LogP contribution in [0.15, 0.2) is 455 Å². The smallest absolute Gasteiger partial charge is 0.0541 e. The first kappa shape index (κ1) is 85.7. The molecule has 130 heavy (non-hydrogen) atoms. The number of nitrogens with two attached hydrogens (primary N) is 1. The number of aromatic amines is 1. The predicted molar refractivity (Wildman–Crippen MR) is 561 cm³/mol. The second kappa shape index (κ2) is 38.6. The van der Waals surface area contributed by atoms with Crippen molar-refractivity contribution in [3.8, 4) is 56.1 Å². The Morgan fingerprint density at radius 3 is 1.06 bits per heavy atom. The van der Waals surface area contributed by atoms with Crippen LogP contribution in [-0.2, 0) is 0 Å². The molecular weight excluding hydrogens is 1690 g/mol. The van der Waals surface area contributed by atoms with Crippen LogP contribution in [0.3, 0.4) is 0 Å². The monoisotopic (exact) mass is 1790 g/mol. The molecule has 0 aliphatic heterocycles. The van der Waals surface area contributed by atoms with Gasteiger partial charge in [0, 0.05) is 99.3 Å². The van der Waals surface area contributed by atoms with Gasteiger partial charge >= 0.3 is 0 Å². The summed E-state index contributed by atoms with van der Waals surface area (Å²) in [4.78, 5) is 8.15. The minimum absolute atomic E-state index is 0. The number of aromatic nitrogens is 3. The number of aryl methyl sites for hydroxylation is 4. The van der Waals surface area contributed by atoms with E-state index in [0.717, 1.165) is 28.4 Å². The molecule has 2 aliphatic rings. The molecule has 21 aromatic rings. The van der Waals surface area contributed by atoms with Crippen LogP contribution in [0.5, 0.6) is 0 Å². The Balaban J connectivity index is 0.000000120. The maximum absolute atomic E-state index is 5.10. The first-order valence-corrected chi connectivity index (χ1v) is 45.5. The molecule has 8 heteroatoms. The van der Waals surface area contributed by atoms with Crippen molar-refractivity contribution in [2.45, 2.75) is 66.7 Å². The van der Waals surface area contributed by atoms with Gasteiger partial charge in [0.1, 0.15) is 0 Å². The zero-order valence-electron chi connectivity index (χ0n) is 73.3. The van der Waals surface area contributed by atoms with E-state index in [0.29, 0.717) is 11.8 Å². The fraction of sp³-hybridized carbons (Fsp3) is 0.0820. The molecule has 0 radical (unpaired) electrons. The molecule has 0 bridgehead atoms. The first-order valence-electron chi connectivity index (χ1n) is 44.4. The molecular formula is C122H104IN7. The SMILES string of the molecule is C.CC(C)c1ccc(-n2c3ccccc3c3ccccc32)cc1.Cc1ccc(N(c2ccc(C)cc2)c2ccc(-n3c(-c4ccc(C5c6ccccc6-c6ccccc65)cc4)cc4ccccc43)cc2)cc1.Cc1ccc(N(c2ccc(C)cc2)c2ccc(I)cc2)cc1.NNc1ccccc1.c1ccc2c(c1)-c1ccccc1C2c1ccc(-c2cc3ccccc3[nH]2)cc1. The number of rotatable bonds is 14. The number of nitrogens with one attached hydrogen (secondary N) is 2. The van der Waals surface area contributed by atoms with Gasteiger partial charge in [0.05, 0.1) is 22.2 Å². The number of anilines is 7. The molecule has 634 valence electrons. The van der Waals surface area contributed by atoms with Gasteiger partial charge in [-0.05, 0) is 286 Å². The molecule has 18 aromatic carbocycles. The summed E-state index contributed by atoms with van der Waals surface area (Å²) in [6.07, 6.45) is 0. The van der Waals surface area contributed by atoms with E-state index in [1.807, 2.05) is 30.3 Å². The second-order valence-electron chi connectivity index (χ2n) is 33.8. The third kappa shape index (κ3) is 17.9. The largest absolute Gasteiger partial charge is 0.355 e. The summed E-state index contributed by atoms with van der Waals surface area (Å²) in [5, 5.41) is 5.10. The van der Waals surface area contributed by atoms with Crippen molar-refractivity contribution in [1.29, 1.82) is 0 Å². The molecule has 3 heterocycles. The normalized spacial score (nSPS) is 11.6. The van der Waals surface area contributed by atoms with E-state index in [4.69, 9.17) is 5.84 Å². The van der Waals surface area contributed by atoms with Gasteiger partial charge in [0.25, 0.3) is 0 Å². The molecule has 0 fully saturated rings. The van der Waals surface area contributed by atoms with E-state index in [-0.39, 0.29) is 13.3 Å². The van der Waals surface area contributed by atoms with E-state index in [1.54, 1.807) is 0 Å². The molecule has 0 unspecified atom stereocenters. The summed E-state index contributed by atoms with van der Waals surface area (Å²) in [6.45, 7) is 13.0. The van der Waals surface area contributed by atoms with Crippen LogP contribution in [0.4, 0.5) is 39.8 Å². The van der Waals surface area contributed by atoms with Crippen LogP contribution < -0.4 is 21.1 Å². The van der Waals surface area contributed by atoms with E-state index < -0.39 is 0 Å². The van der Waals surface area contributed by atoms with Gasteiger partial charge < -0.3 is 29.3 Å². The molecule has 0 saturated carbocycles. The lowest BCUT2D eigenvalue weighted by Gasteiger charge is -2.26. The van der Waals surface area contributed by atoms with E-state index in [2.05, 4.69) is 518 Å². The number of H-pyrrole nitrogens is 1. The first-order chi connectivity index (χ1) is 63.3. The van der Waals surface area contributed by atoms with Crippen molar-refractivity contribution in [2.24, 2.45) is 5.84 Å². The number of halogens is 1. The zero-order chi connectivity index (χ0) is 87.9. The Hall–Kier alpha value is -15.1. The molecule has 0 amide bonds. The van der Waals surface area contributed by atoms with E-state index in [1.165, 1.54) is 176 Å². The van der Waals surface area contributed by atoms with Gasteiger partial charge in [-0.1, -0.05) is 341 Å². The summed E-state index contributed by atoms with van der Waals surface area (Å²) in [5.41, 5.74) is 42.5. The van der Waals surface area contributed by atoms with Crippen LogP contribution >= 0.6 is 22.6 Å². The lowest BCUT2D eigenvalue weighted by Crippen LogP contribution is -2.10. The summed E-state index contributed by atoms with van der Waals surface area (Å²) in [7, 11) is 0.